The second-order valence-electron chi connectivity index (χ2n) is 1.55. The van der Waals surface area contributed by atoms with Gasteiger partial charge in [0.2, 0.25) is 0 Å². The van der Waals surface area contributed by atoms with Crippen molar-refractivity contribution >= 4 is 9.42 Å². The van der Waals surface area contributed by atoms with Gasteiger partial charge in [0.1, 0.15) is 0 Å². The average molecular weight is 308 g/mol. The van der Waals surface area contributed by atoms with E-state index in [4.69, 9.17) is 9.42 Å². The van der Waals surface area contributed by atoms with Crippen LogP contribution < -0.4 is 0 Å². The van der Waals surface area contributed by atoms with Gasteiger partial charge in [0.25, 0.3) is 0 Å². The van der Waals surface area contributed by atoms with Crippen molar-refractivity contribution in [1.82, 2.24) is 0 Å². The molecular weight excluding hydrogens is 303 g/mol. The van der Waals surface area contributed by atoms with Crippen LogP contribution in [0.2, 0.25) is 0 Å². The van der Waals surface area contributed by atoms with Crippen molar-refractivity contribution in [3.8, 4) is 4.20 Å². The van der Waals surface area contributed by atoms with E-state index in [0.29, 0.717) is 0 Å². The Morgan fingerprint density at radius 2 is 1.89 bits per heavy atom. The second-order valence-corrected chi connectivity index (χ2v) is 4.10. The zero-order chi connectivity index (χ0) is 6.53. The van der Waals surface area contributed by atoms with Gasteiger partial charge in [0, 0.05) is 0 Å². The van der Waals surface area contributed by atoms with Crippen LogP contribution in [-0.4, -0.2) is 0 Å². The van der Waals surface area contributed by atoms with Gasteiger partial charge in [-0.05, 0) is 0 Å². The number of hydrogen-bond acceptors (Lipinski definition) is 0. The van der Waals surface area contributed by atoms with Gasteiger partial charge in [0.05, 0.1) is 0 Å². The summed E-state index contributed by atoms with van der Waals surface area (Å²) in [6.07, 6.45) is 0. The van der Waals surface area contributed by atoms with E-state index in [0.717, 1.165) is 5.56 Å². The van der Waals surface area contributed by atoms with Gasteiger partial charge in [-0.15, -0.1) is 0 Å². The molecule has 0 N–H and O–H groups in total. The molecule has 0 spiro atoms. The summed E-state index contributed by atoms with van der Waals surface area (Å²) >= 11 is -0.767. The van der Waals surface area contributed by atoms with Gasteiger partial charge in [0.15, 0.2) is 0 Å². The molecule has 0 aliphatic heterocycles. The van der Waals surface area contributed by atoms with Crippen LogP contribution in [0, 0.1) is 4.20 Å². The molecule has 0 nitrogen and oxygen atoms in total. The fourth-order valence-corrected chi connectivity index (χ4v) is 2.09. The maximum atomic E-state index is 5.59. The van der Waals surface area contributed by atoms with Gasteiger partial charge < -0.3 is 0 Å². The molecule has 0 amide bonds. The molecule has 46 valence electrons. The third-order valence-electron chi connectivity index (χ3n) is 0.930. The van der Waals surface area contributed by atoms with Crippen molar-refractivity contribution < 1.29 is 16.9 Å². The fourth-order valence-electron chi connectivity index (χ4n) is 0.551. The van der Waals surface area contributed by atoms with Crippen LogP contribution in [0.1, 0.15) is 5.56 Å². The monoisotopic (exact) mass is 308 g/mol. The minimum atomic E-state index is -0.767. The molecule has 0 aliphatic carbocycles. The molecule has 1 rings (SSSR count). The van der Waals surface area contributed by atoms with Crippen molar-refractivity contribution in [3.63, 3.8) is 0 Å². The van der Waals surface area contributed by atoms with Crippen molar-refractivity contribution in [1.29, 1.82) is 0 Å². The van der Waals surface area contributed by atoms with E-state index in [2.05, 4.69) is 4.20 Å². The first-order valence-electron chi connectivity index (χ1n) is 2.52. The van der Waals surface area contributed by atoms with Crippen LogP contribution >= 0.6 is 9.42 Å². The molecule has 1 aromatic rings. The Balaban J connectivity index is 2.94. The molecule has 1 aromatic carbocycles. The summed E-state index contributed by atoms with van der Waals surface area (Å²) in [5, 5.41) is 0. The molecule has 0 fully saturated rings. The van der Waals surface area contributed by atoms with Crippen molar-refractivity contribution in [2.75, 3.05) is 0 Å². The maximum absolute atomic E-state index is 5.59. The number of benzene rings is 1. The van der Waals surface area contributed by atoms with E-state index in [1.165, 1.54) is 0 Å². The van der Waals surface area contributed by atoms with Crippen molar-refractivity contribution in [3.05, 3.63) is 35.9 Å². The number of halogens is 1. The summed E-state index contributed by atoms with van der Waals surface area (Å²) in [7, 11) is 5.59. The molecule has 0 aromatic heterocycles. The molecule has 0 saturated carbocycles. The molecule has 0 bridgehead atoms. The van der Waals surface area contributed by atoms with E-state index >= 15 is 0 Å². The molecule has 0 radical (unpaired) electrons. The van der Waals surface area contributed by atoms with Crippen LogP contribution in [0.5, 0.6) is 0 Å². The van der Waals surface area contributed by atoms with Gasteiger partial charge >= 0.3 is 66.4 Å². The van der Waals surface area contributed by atoms with Gasteiger partial charge in [-0.3, -0.25) is 0 Å². The predicted octanol–water partition coefficient (Wildman–Crippen LogP) is 2.23. The first kappa shape index (κ1) is 7.09. The zero-order valence-electron chi connectivity index (χ0n) is 4.67. The number of rotatable bonds is 0. The quantitative estimate of drug-likeness (QED) is 0.689. The van der Waals surface area contributed by atoms with Crippen LogP contribution in [0.25, 0.3) is 0 Å². The topological polar surface area (TPSA) is 0 Å². The average Bonchev–Trinajstić information content (AvgIpc) is 1.91. The number of hydrogen-bond donors (Lipinski definition) is 0. The van der Waals surface area contributed by atoms with Crippen molar-refractivity contribution in [2.24, 2.45) is 0 Å². The van der Waals surface area contributed by atoms with Crippen molar-refractivity contribution in [2.45, 2.75) is 0 Å². The van der Waals surface area contributed by atoms with E-state index in [1.807, 2.05) is 30.3 Å². The van der Waals surface area contributed by atoms with E-state index in [9.17, 15) is 0 Å². The summed E-state index contributed by atoms with van der Waals surface area (Å²) in [6.45, 7) is 0. The first-order chi connectivity index (χ1) is 4.43. The summed E-state index contributed by atoms with van der Waals surface area (Å²) in [4.78, 5) is 0. The van der Waals surface area contributed by atoms with Gasteiger partial charge in [-0.25, -0.2) is 0 Å². The zero-order valence-corrected chi connectivity index (χ0v) is 8.36. The molecule has 9 heavy (non-hydrogen) atoms. The van der Waals surface area contributed by atoms with E-state index < -0.39 is 16.9 Å². The Hall–Kier alpha value is -0.0217. The first-order valence-corrected chi connectivity index (χ1v) is 7.62. The normalized spacial score (nSPS) is 8.11. The Labute approximate surface area is 66.4 Å². The Bertz CT molecular complexity index is 232. The Kier molecular flexibility index (Phi) is 3.07. The van der Waals surface area contributed by atoms with E-state index in [1.54, 1.807) is 0 Å². The molecule has 0 saturated heterocycles. The van der Waals surface area contributed by atoms with Crippen LogP contribution in [0.15, 0.2) is 30.3 Å². The summed E-state index contributed by atoms with van der Waals surface area (Å²) < 4.78 is 3.14. The third kappa shape index (κ3) is 2.37. The molecule has 0 atom stereocenters. The second kappa shape index (κ2) is 3.90. The van der Waals surface area contributed by atoms with Gasteiger partial charge in [-0.1, -0.05) is 0 Å². The van der Waals surface area contributed by atoms with Crippen LogP contribution in [0.3, 0.4) is 0 Å². The Morgan fingerprint density at radius 1 is 1.22 bits per heavy atom. The molecule has 0 heterocycles. The van der Waals surface area contributed by atoms with Crippen LogP contribution in [0.4, 0.5) is 0 Å². The molecule has 0 aliphatic rings. The van der Waals surface area contributed by atoms with Crippen LogP contribution in [-0.2, 0) is 16.9 Å². The third-order valence-corrected chi connectivity index (χ3v) is 2.69. The van der Waals surface area contributed by atoms with E-state index in [-0.39, 0.29) is 0 Å². The fraction of sp³-hybridized carbons (Fsp3) is 0. The summed E-state index contributed by atoms with van der Waals surface area (Å²) in [6, 6.07) is 10.0. The standard InChI is InChI=1S/C7H5.ClH.W/c1-7-5-3-2-4-6-7;;/h2-6H;1H;/q;;+1/p-1. The molecule has 0 unspecified atom stereocenters. The predicted molar refractivity (Wildman–Crippen MR) is 35.3 cm³/mol. The Morgan fingerprint density at radius 3 is 2.44 bits per heavy atom. The van der Waals surface area contributed by atoms with Gasteiger partial charge in [-0.2, -0.15) is 0 Å². The molecular formula is C7H5ClW. The minimum absolute atomic E-state index is 0.767. The SMILES string of the molecule is [Cl][W]#[C]c1ccccc1. The molecule has 2 heteroatoms. The summed E-state index contributed by atoms with van der Waals surface area (Å²) in [5.74, 6) is 0. The summed E-state index contributed by atoms with van der Waals surface area (Å²) in [5.41, 5.74) is 1.14.